The average molecular weight is 198 g/mol. The second-order valence-electron chi connectivity index (χ2n) is 5.85. The van der Waals surface area contributed by atoms with Crippen LogP contribution in [0.15, 0.2) is 0 Å². The molecule has 80 valence electrons. The number of rotatable bonds is 0. The van der Waals surface area contributed by atoms with E-state index < -0.39 is 6.10 Å². The lowest BCUT2D eigenvalue weighted by molar-refractivity contribution is -0.152. The maximum atomic E-state index is 11.2. The zero-order valence-electron chi connectivity index (χ0n) is 9.04. The third-order valence-electron chi connectivity index (χ3n) is 3.49. The minimum absolute atomic E-state index is 0.110. The van der Waals surface area contributed by atoms with Crippen LogP contribution in [-0.2, 0) is 9.53 Å². The van der Waals surface area contributed by atoms with E-state index in [2.05, 4.69) is 13.8 Å². The lowest BCUT2D eigenvalue weighted by atomic mass is 9.61. The summed E-state index contributed by atoms with van der Waals surface area (Å²) in [6.45, 7) is 6.33. The number of aliphatic hydroxyl groups excluding tert-OH is 1. The van der Waals surface area contributed by atoms with Crippen LogP contribution in [0.1, 0.15) is 40.0 Å². The second-order valence-corrected chi connectivity index (χ2v) is 5.85. The minimum Gasteiger partial charge on any atom is -0.459 e. The van der Waals surface area contributed by atoms with Crippen LogP contribution in [0.3, 0.4) is 0 Å². The number of hydrogen-bond acceptors (Lipinski definition) is 3. The monoisotopic (exact) mass is 198 g/mol. The van der Waals surface area contributed by atoms with Crippen molar-refractivity contribution in [3.63, 3.8) is 0 Å². The molecule has 2 fully saturated rings. The maximum absolute atomic E-state index is 11.2. The molecule has 2 aliphatic rings. The van der Waals surface area contributed by atoms with Crippen LogP contribution < -0.4 is 0 Å². The van der Waals surface area contributed by atoms with Crippen molar-refractivity contribution in [2.75, 3.05) is 0 Å². The molecule has 0 amide bonds. The van der Waals surface area contributed by atoms with E-state index in [1.54, 1.807) is 0 Å². The zero-order chi connectivity index (χ0) is 10.6. The van der Waals surface area contributed by atoms with Crippen molar-refractivity contribution in [1.82, 2.24) is 0 Å². The van der Waals surface area contributed by atoms with Gasteiger partial charge >= 0.3 is 5.97 Å². The molecule has 14 heavy (non-hydrogen) atoms. The highest BCUT2D eigenvalue weighted by molar-refractivity contribution is 5.73. The Balaban J connectivity index is 2.27. The molecule has 3 nitrogen and oxygen atoms in total. The Morgan fingerprint density at radius 2 is 2.07 bits per heavy atom. The maximum Gasteiger partial charge on any atom is 0.306 e. The van der Waals surface area contributed by atoms with Gasteiger partial charge < -0.3 is 9.84 Å². The fourth-order valence-electron chi connectivity index (χ4n) is 3.30. The van der Waals surface area contributed by atoms with Crippen LogP contribution in [0, 0.1) is 10.8 Å². The number of carbonyl (C=O) groups is 1. The summed E-state index contributed by atoms with van der Waals surface area (Å²) in [6, 6.07) is 0. The Morgan fingerprint density at radius 3 is 2.71 bits per heavy atom. The van der Waals surface area contributed by atoms with Crippen molar-refractivity contribution >= 4 is 5.97 Å². The summed E-state index contributed by atoms with van der Waals surface area (Å²) >= 11 is 0. The highest BCUT2D eigenvalue weighted by atomic mass is 16.6. The Morgan fingerprint density at radius 1 is 1.43 bits per heavy atom. The first-order valence-corrected chi connectivity index (χ1v) is 5.20. The molecule has 0 aromatic rings. The molecule has 3 heteroatoms. The third kappa shape index (κ3) is 1.44. The minimum atomic E-state index is -0.491. The summed E-state index contributed by atoms with van der Waals surface area (Å²) in [7, 11) is 0. The van der Waals surface area contributed by atoms with Crippen molar-refractivity contribution in [3.05, 3.63) is 0 Å². The highest BCUT2D eigenvalue weighted by Gasteiger charge is 2.55. The van der Waals surface area contributed by atoms with Crippen LogP contribution >= 0.6 is 0 Å². The summed E-state index contributed by atoms with van der Waals surface area (Å²) in [5, 5.41) is 9.92. The van der Waals surface area contributed by atoms with Gasteiger partial charge in [0, 0.05) is 5.41 Å². The lowest BCUT2D eigenvalue weighted by Gasteiger charge is -2.45. The molecule has 0 radical (unpaired) electrons. The number of carbonyl (C=O) groups excluding carboxylic acids is 1. The van der Waals surface area contributed by atoms with Gasteiger partial charge in [0.15, 0.2) is 0 Å². The highest BCUT2D eigenvalue weighted by Crippen LogP contribution is 2.52. The zero-order valence-corrected chi connectivity index (χ0v) is 9.04. The molecule has 3 unspecified atom stereocenters. The first-order chi connectivity index (χ1) is 6.32. The third-order valence-corrected chi connectivity index (χ3v) is 3.49. The van der Waals surface area contributed by atoms with Crippen LogP contribution in [-0.4, -0.2) is 23.3 Å². The SMILES string of the molecule is CC1(C)CC(O)C2OC(=O)CC2(C)C1. The van der Waals surface area contributed by atoms with E-state index in [0.717, 1.165) is 12.8 Å². The smallest absolute Gasteiger partial charge is 0.306 e. The largest absolute Gasteiger partial charge is 0.459 e. The molecule has 0 aromatic carbocycles. The molecule has 3 atom stereocenters. The molecule has 1 aliphatic carbocycles. The Hall–Kier alpha value is -0.570. The Bertz CT molecular complexity index is 272. The molecule has 0 spiro atoms. The summed E-state index contributed by atoms with van der Waals surface area (Å²) in [5.41, 5.74) is -0.0447. The van der Waals surface area contributed by atoms with E-state index in [1.807, 2.05) is 6.92 Å². The number of esters is 1. The number of hydrogen-bond donors (Lipinski definition) is 1. The predicted octanol–water partition coefficient (Wildman–Crippen LogP) is 1.49. The first kappa shape index (κ1) is 9.97. The molecule has 1 heterocycles. The van der Waals surface area contributed by atoms with E-state index in [4.69, 9.17) is 4.74 Å². The summed E-state index contributed by atoms with van der Waals surface area (Å²) < 4.78 is 5.18. The normalized spacial score (nSPS) is 45.9. The standard InChI is InChI=1S/C11H18O3/c1-10(2)4-7(12)9-11(3,6-10)5-8(13)14-9/h7,9,12H,4-6H2,1-3H3. The second kappa shape index (κ2) is 2.72. The predicted molar refractivity (Wildman–Crippen MR) is 51.6 cm³/mol. The summed E-state index contributed by atoms with van der Waals surface area (Å²) in [4.78, 5) is 11.2. The molecular formula is C11H18O3. The molecule has 0 bridgehead atoms. The number of fused-ring (bicyclic) bond motifs is 1. The van der Waals surface area contributed by atoms with Crippen LogP contribution in [0.2, 0.25) is 0 Å². The van der Waals surface area contributed by atoms with Gasteiger partial charge in [0.1, 0.15) is 6.10 Å². The fraction of sp³-hybridized carbons (Fsp3) is 0.909. The van der Waals surface area contributed by atoms with Gasteiger partial charge in [-0.1, -0.05) is 20.8 Å². The van der Waals surface area contributed by atoms with E-state index >= 15 is 0 Å². The molecule has 2 rings (SSSR count). The van der Waals surface area contributed by atoms with Crippen molar-refractivity contribution in [1.29, 1.82) is 0 Å². The van der Waals surface area contributed by atoms with Gasteiger partial charge in [0.05, 0.1) is 12.5 Å². The van der Waals surface area contributed by atoms with Crippen molar-refractivity contribution in [2.45, 2.75) is 52.2 Å². The molecule has 1 saturated heterocycles. The van der Waals surface area contributed by atoms with Crippen LogP contribution in [0.4, 0.5) is 0 Å². The van der Waals surface area contributed by atoms with Gasteiger partial charge in [-0.25, -0.2) is 0 Å². The molecule has 1 N–H and O–H groups in total. The molecule has 1 aliphatic heterocycles. The first-order valence-electron chi connectivity index (χ1n) is 5.20. The number of ether oxygens (including phenoxy) is 1. The summed E-state index contributed by atoms with van der Waals surface area (Å²) in [6.07, 6.45) is 1.37. The fourth-order valence-corrected chi connectivity index (χ4v) is 3.30. The van der Waals surface area contributed by atoms with Crippen LogP contribution in [0.5, 0.6) is 0 Å². The number of aliphatic hydroxyl groups is 1. The van der Waals surface area contributed by atoms with Gasteiger partial charge in [-0.15, -0.1) is 0 Å². The molecule has 1 saturated carbocycles. The Labute approximate surface area is 84.4 Å². The van der Waals surface area contributed by atoms with E-state index in [9.17, 15) is 9.90 Å². The Kier molecular flexibility index (Phi) is 1.94. The van der Waals surface area contributed by atoms with Gasteiger partial charge in [-0.05, 0) is 18.3 Å². The van der Waals surface area contributed by atoms with Gasteiger partial charge in [0.25, 0.3) is 0 Å². The van der Waals surface area contributed by atoms with Gasteiger partial charge in [-0.2, -0.15) is 0 Å². The average Bonchev–Trinajstić information content (AvgIpc) is 2.21. The lowest BCUT2D eigenvalue weighted by Crippen LogP contribution is -2.48. The van der Waals surface area contributed by atoms with Crippen molar-refractivity contribution < 1.29 is 14.6 Å². The molecule has 0 aromatic heterocycles. The van der Waals surface area contributed by atoms with Crippen molar-refractivity contribution in [2.24, 2.45) is 10.8 Å². The molecular weight excluding hydrogens is 180 g/mol. The summed E-state index contributed by atoms with van der Waals surface area (Å²) in [5.74, 6) is -0.158. The topological polar surface area (TPSA) is 46.5 Å². The van der Waals surface area contributed by atoms with E-state index in [1.165, 1.54) is 0 Å². The quantitative estimate of drug-likeness (QED) is 0.600. The van der Waals surface area contributed by atoms with Crippen LogP contribution in [0.25, 0.3) is 0 Å². The van der Waals surface area contributed by atoms with E-state index in [-0.39, 0.29) is 22.9 Å². The van der Waals surface area contributed by atoms with Crippen molar-refractivity contribution in [3.8, 4) is 0 Å². The van der Waals surface area contributed by atoms with E-state index in [0.29, 0.717) is 6.42 Å². The van der Waals surface area contributed by atoms with Gasteiger partial charge in [0.2, 0.25) is 0 Å². The van der Waals surface area contributed by atoms with Gasteiger partial charge in [-0.3, -0.25) is 4.79 Å².